The molecule has 0 spiro atoms. The number of aromatic nitrogens is 2. The number of hydrogen-bond donors (Lipinski definition) is 0. The summed E-state index contributed by atoms with van der Waals surface area (Å²) in [5, 5.41) is 4.17. The Balaban J connectivity index is 2.10. The third-order valence-corrected chi connectivity index (χ3v) is 3.79. The van der Waals surface area contributed by atoms with Gasteiger partial charge in [-0.15, -0.1) is 5.10 Å². The fourth-order valence-electron chi connectivity index (χ4n) is 1.79. The fourth-order valence-corrected chi connectivity index (χ4v) is 2.41. The summed E-state index contributed by atoms with van der Waals surface area (Å²) in [7, 11) is 1.75. The van der Waals surface area contributed by atoms with Crippen LogP contribution in [0.3, 0.4) is 0 Å². The van der Waals surface area contributed by atoms with Gasteiger partial charge in [0.1, 0.15) is 0 Å². The minimum absolute atomic E-state index is 0.0367. The predicted molar refractivity (Wildman–Crippen MR) is 81.3 cm³/mol. The molecule has 0 fully saturated rings. The van der Waals surface area contributed by atoms with Crippen LogP contribution in [-0.4, -0.2) is 20.9 Å². The molecule has 0 aliphatic carbocycles. The maximum absolute atomic E-state index is 12.1. The van der Waals surface area contributed by atoms with Gasteiger partial charge in [-0.1, -0.05) is 30.0 Å². The molecule has 0 atom stereocenters. The van der Waals surface area contributed by atoms with Crippen molar-refractivity contribution >= 4 is 22.8 Å². The number of carbonyl (C=O) groups excluding carboxylic acids is 2. The number of nitrogens with zero attached hydrogens (tertiary/aromatic N) is 2. The highest BCUT2D eigenvalue weighted by Crippen LogP contribution is 2.19. The second-order valence-corrected chi connectivity index (χ2v) is 5.73. The molecule has 0 aliphatic rings. The summed E-state index contributed by atoms with van der Waals surface area (Å²) in [6, 6.07) is 8.89. The highest BCUT2D eigenvalue weighted by Gasteiger charge is 2.14. The van der Waals surface area contributed by atoms with Gasteiger partial charge in [-0.25, -0.2) is 4.79 Å². The highest BCUT2D eigenvalue weighted by molar-refractivity contribution is 8.12. The first kappa shape index (κ1) is 15.3. The average molecular weight is 304 g/mol. The van der Waals surface area contributed by atoms with Gasteiger partial charge in [-0.2, -0.15) is 0 Å². The summed E-state index contributed by atoms with van der Waals surface area (Å²) < 4.78 is 6.89. The Morgan fingerprint density at radius 1 is 1.33 bits per heavy atom. The van der Waals surface area contributed by atoms with E-state index < -0.39 is 5.97 Å². The highest BCUT2D eigenvalue weighted by atomic mass is 32.2. The molecule has 5 nitrogen and oxygen atoms in total. The van der Waals surface area contributed by atoms with Gasteiger partial charge in [-0.3, -0.25) is 9.48 Å². The Hall–Kier alpha value is -2.08. The quantitative estimate of drug-likeness (QED) is 0.813. The van der Waals surface area contributed by atoms with Crippen LogP contribution in [0.25, 0.3) is 0 Å². The van der Waals surface area contributed by atoms with Crippen LogP contribution in [0.5, 0.6) is 5.88 Å². The largest absolute Gasteiger partial charge is 0.402 e. The molecule has 1 aromatic heterocycles. The van der Waals surface area contributed by atoms with E-state index in [9.17, 15) is 9.59 Å². The molecular weight excluding hydrogens is 288 g/mol. The number of esters is 1. The van der Waals surface area contributed by atoms with Crippen molar-refractivity contribution in [2.75, 3.05) is 0 Å². The molecule has 21 heavy (non-hydrogen) atoms. The molecule has 0 radical (unpaired) electrons. The van der Waals surface area contributed by atoms with Crippen LogP contribution in [0.15, 0.2) is 30.3 Å². The summed E-state index contributed by atoms with van der Waals surface area (Å²) >= 11 is 1.19. The SMILES string of the molecule is CC(=O)SCc1cc(OC(=O)c2ccccc2C)nn1C. The van der Waals surface area contributed by atoms with E-state index in [-0.39, 0.29) is 11.0 Å². The summed E-state index contributed by atoms with van der Waals surface area (Å²) in [5.41, 5.74) is 2.19. The van der Waals surface area contributed by atoms with E-state index in [0.717, 1.165) is 11.3 Å². The molecule has 2 rings (SSSR count). The molecule has 6 heteroatoms. The van der Waals surface area contributed by atoms with E-state index >= 15 is 0 Å². The van der Waals surface area contributed by atoms with Crippen LogP contribution in [0.4, 0.5) is 0 Å². The Bertz CT molecular complexity index is 679. The normalized spacial score (nSPS) is 10.4. The maximum atomic E-state index is 12.1. The number of aryl methyl sites for hydroxylation is 2. The van der Waals surface area contributed by atoms with Crippen LogP contribution < -0.4 is 4.74 Å². The van der Waals surface area contributed by atoms with Gasteiger partial charge < -0.3 is 4.74 Å². The molecule has 110 valence electrons. The van der Waals surface area contributed by atoms with E-state index in [4.69, 9.17) is 4.74 Å². The Labute approximate surface area is 127 Å². The van der Waals surface area contributed by atoms with Crippen molar-refractivity contribution in [1.29, 1.82) is 0 Å². The van der Waals surface area contributed by atoms with Gasteiger partial charge in [0.2, 0.25) is 5.88 Å². The first-order valence-electron chi connectivity index (χ1n) is 6.41. The molecule has 0 unspecified atom stereocenters. The molecule has 0 saturated carbocycles. The number of thioether (sulfide) groups is 1. The third-order valence-electron chi connectivity index (χ3n) is 2.94. The van der Waals surface area contributed by atoms with Gasteiger partial charge in [0, 0.05) is 25.8 Å². The van der Waals surface area contributed by atoms with Crippen LogP contribution >= 0.6 is 11.8 Å². The lowest BCUT2D eigenvalue weighted by Gasteiger charge is -2.03. The Morgan fingerprint density at radius 2 is 2.05 bits per heavy atom. The number of rotatable bonds is 4. The molecule has 2 aromatic rings. The zero-order chi connectivity index (χ0) is 15.4. The van der Waals surface area contributed by atoms with Gasteiger partial charge in [-0.05, 0) is 18.6 Å². The van der Waals surface area contributed by atoms with Gasteiger partial charge in [0.15, 0.2) is 5.12 Å². The second-order valence-electron chi connectivity index (χ2n) is 4.58. The molecule has 0 N–H and O–H groups in total. The zero-order valence-electron chi connectivity index (χ0n) is 12.1. The minimum Gasteiger partial charge on any atom is -0.402 e. The molecular formula is C15H16N2O3S. The predicted octanol–water partition coefficient (Wildman–Crippen LogP) is 2.73. The van der Waals surface area contributed by atoms with Crippen molar-refractivity contribution in [3.05, 3.63) is 47.2 Å². The number of benzene rings is 1. The summed E-state index contributed by atoms with van der Waals surface area (Å²) in [4.78, 5) is 23.1. The summed E-state index contributed by atoms with van der Waals surface area (Å²) in [6.45, 7) is 3.37. The Kier molecular flexibility index (Phi) is 4.80. The van der Waals surface area contributed by atoms with E-state index in [1.54, 1.807) is 29.9 Å². The number of ether oxygens (including phenoxy) is 1. The van der Waals surface area contributed by atoms with Crippen LogP contribution in [0, 0.1) is 6.92 Å². The van der Waals surface area contributed by atoms with Crippen molar-refractivity contribution < 1.29 is 14.3 Å². The van der Waals surface area contributed by atoms with E-state index in [0.29, 0.717) is 11.3 Å². The van der Waals surface area contributed by atoms with E-state index in [1.165, 1.54) is 18.7 Å². The average Bonchev–Trinajstić information content (AvgIpc) is 2.76. The molecule has 1 aromatic carbocycles. The molecule has 0 aliphatic heterocycles. The standard InChI is InChI=1S/C15H16N2O3S/c1-10-6-4-5-7-13(10)15(19)20-14-8-12(17(3)16-14)9-21-11(2)18/h4-8H,9H2,1-3H3. The lowest BCUT2D eigenvalue weighted by Crippen LogP contribution is -2.10. The minimum atomic E-state index is -0.433. The van der Waals surface area contributed by atoms with Crippen molar-refractivity contribution in [2.45, 2.75) is 19.6 Å². The lowest BCUT2D eigenvalue weighted by molar-refractivity contribution is -0.109. The fraction of sp³-hybridized carbons (Fsp3) is 0.267. The summed E-state index contributed by atoms with van der Waals surface area (Å²) in [6.07, 6.45) is 0. The van der Waals surface area contributed by atoms with Crippen LogP contribution in [0.1, 0.15) is 28.5 Å². The maximum Gasteiger partial charge on any atom is 0.345 e. The molecule has 0 bridgehead atoms. The first-order chi connectivity index (χ1) is 9.97. The zero-order valence-corrected chi connectivity index (χ0v) is 12.9. The number of carbonyl (C=O) groups is 2. The monoisotopic (exact) mass is 304 g/mol. The van der Waals surface area contributed by atoms with Gasteiger partial charge >= 0.3 is 5.97 Å². The smallest absolute Gasteiger partial charge is 0.345 e. The van der Waals surface area contributed by atoms with Crippen molar-refractivity contribution in [2.24, 2.45) is 7.05 Å². The molecule has 0 saturated heterocycles. The molecule has 0 amide bonds. The lowest BCUT2D eigenvalue weighted by atomic mass is 10.1. The van der Waals surface area contributed by atoms with E-state index in [2.05, 4.69) is 5.10 Å². The van der Waals surface area contributed by atoms with Crippen molar-refractivity contribution in [3.63, 3.8) is 0 Å². The molecule has 1 heterocycles. The van der Waals surface area contributed by atoms with Gasteiger partial charge in [0.05, 0.1) is 11.3 Å². The van der Waals surface area contributed by atoms with Gasteiger partial charge in [0.25, 0.3) is 0 Å². The number of hydrogen-bond acceptors (Lipinski definition) is 5. The van der Waals surface area contributed by atoms with Crippen LogP contribution in [0.2, 0.25) is 0 Å². The third kappa shape index (κ3) is 3.95. The topological polar surface area (TPSA) is 61.2 Å². The van der Waals surface area contributed by atoms with Crippen molar-refractivity contribution in [3.8, 4) is 5.88 Å². The summed E-state index contributed by atoms with van der Waals surface area (Å²) in [5.74, 6) is 0.308. The van der Waals surface area contributed by atoms with E-state index in [1.807, 2.05) is 19.1 Å². The Morgan fingerprint density at radius 3 is 2.71 bits per heavy atom. The first-order valence-corrected chi connectivity index (χ1v) is 7.40. The second kappa shape index (κ2) is 6.58. The van der Waals surface area contributed by atoms with Crippen molar-refractivity contribution in [1.82, 2.24) is 9.78 Å². The van der Waals surface area contributed by atoms with Crippen LogP contribution in [-0.2, 0) is 17.6 Å².